The van der Waals surface area contributed by atoms with E-state index in [1.807, 2.05) is 0 Å². The molecule has 7 heteroatoms. The normalized spacial score (nSPS) is 15.5. The first kappa shape index (κ1) is 21.3. The van der Waals surface area contributed by atoms with Gasteiger partial charge < -0.3 is 14.3 Å². The summed E-state index contributed by atoms with van der Waals surface area (Å²) in [6.07, 6.45) is 3.81. The Kier molecular flexibility index (Phi) is 6.23. The second-order valence-electron chi connectivity index (χ2n) is 8.86. The lowest BCUT2D eigenvalue weighted by Gasteiger charge is -2.23. The van der Waals surface area contributed by atoms with Crippen molar-refractivity contribution in [3.05, 3.63) is 70.7 Å². The van der Waals surface area contributed by atoms with E-state index in [9.17, 15) is 4.79 Å². The van der Waals surface area contributed by atoms with Crippen LogP contribution in [0.1, 0.15) is 58.6 Å². The summed E-state index contributed by atoms with van der Waals surface area (Å²) < 4.78 is 7.25. The highest BCUT2D eigenvalue weighted by atomic mass is 16.3. The van der Waals surface area contributed by atoms with Crippen molar-refractivity contribution in [2.75, 3.05) is 13.1 Å². The van der Waals surface area contributed by atoms with Gasteiger partial charge in [-0.2, -0.15) is 0 Å². The fourth-order valence-electron chi connectivity index (χ4n) is 4.34. The Morgan fingerprint density at radius 2 is 1.90 bits per heavy atom. The molecule has 0 bridgehead atoms. The number of nitrogens with one attached hydrogen (secondary N) is 1. The van der Waals surface area contributed by atoms with Crippen molar-refractivity contribution in [3.8, 4) is 0 Å². The molecule has 1 atom stereocenters. The van der Waals surface area contributed by atoms with E-state index < -0.39 is 0 Å². The van der Waals surface area contributed by atoms with Crippen LogP contribution in [0.4, 0.5) is 0 Å². The minimum atomic E-state index is -0.213. The van der Waals surface area contributed by atoms with Crippen LogP contribution in [0.15, 0.2) is 41.2 Å². The largest absolute Gasteiger partial charge is 0.472 e. The van der Waals surface area contributed by atoms with Crippen LogP contribution in [-0.4, -0.2) is 38.7 Å². The van der Waals surface area contributed by atoms with Crippen LogP contribution in [0.5, 0.6) is 0 Å². The predicted octanol–water partition coefficient (Wildman–Crippen LogP) is 3.67. The number of hydrogen-bond donors (Lipinski definition) is 1. The van der Waals surface area contributed by atoms with Gasteiger partial charge >= 0.3 is 0 Å². The smallest absolute Gasteiger partial charge is 0.255 e. The number of fused-ring (bicyclic) bond motifs is 1. The van der Waals surface area contributed by atoms with Crippen LogP contribution >= 0.6 is 0 Å². The Morgan fingerprint density at radius 1 is 1.13 bits per heavy atom. The summed E-state index contributed by atoms with van der Waals surface area (Å²) in [6, 6.07) is 8.20. The summed E-state index contributed by atoms with van der Waals surface area (Å²) in [7, 11) is 0. The van der Waals surface area contributed by atoms with Crippen molar-refractivity contribution in [2.45, 2.75) is 53.2 Å². The molecule has 0 radical (unpaired) electrons. The van der Waals surface area contributed by atoms with E-state index in [1.54, 1.807) is 6.07 Å². The Bertz CT molecular complexity index is 1020. The molecule has 3 aromatic rings. The van der Waals surface area contributed by atoms with Gasteiger partial charge in [0.2, 0.25) is 0 Å². The molecule has 1 amide bonds. The average Bonchev–Trinajstić information content (AvgIpc) is 3.33. The SMILES string of the molecule is Cc1cc(C)cc(CN2CCc3nnc([C@H](NC(=O)c4ccoc4)C(C)C)n3CC2)c1. The van der Waals surface area contributed by atoms with Gasteiger partial charge in [-0.3, -0.25) is 9.69 Å². The Labute approximate surface area is 183 Å². The lowest BCUT2D eigenvalue weighted by atomic mass is 10.0. The molecule has 164 valence electrons. The molecule has 3 heterocycles. The molecule has 1 aliphatic rings. The number of aryl methyl sites for hydroxylation is 2. The van der Waals surface area contributed by atoms with E-state index in [2.05, 4.69) is 70.9 Å². The molecule has 0 fully saturated rings. The number of furan rings is 1. The van der Waals surface area contributed by atoms with Crippen LogP contribution in [0.25, 0.3) is 0 Å². The zero-order valence-electron chi connectivity index (χ0n) is 18.8. The van der Waals surface area contributed by atoms with Gasteiger partial charge in [0.05, 0.1) is 17.9 Å². The fraction of sp³-hybridized carbons (Fsp3) is 0.458. The fourth-order valence-corrected chi connectivity index (χ4v) is 4.34. The number of carbonyl (C=O) groups excluding carboxylic acids is 1. The molecule has 0 saturated heterocycles. The number of rotatable bonds is 6. The number of aromatic nitrogens is 3. The minimum Gasteiger partial charge on any atom is -0.472 e. The number of nitrogens with zero attached hydrogens (tertiary/aromatic N) is 4. The molecule has 0 spiro atoms. The summed E-state index contributed by atoms with van der Waals surface area (Å²) in [4.78, 5) is 15.1. The van der Waals surface area contributed by atoms with Gasteiger partial charge in [-0.1, -0.05) is 43.2 Å². The molecule has 1 N–H and O–H groups in total. The first-order valence-electron chi connectivity index (χ1n) is 11.0. The predicted molar refractivity (Wildman–Crippen MR) is 119 cm³/mol. The summed E-state index contributed by atoms with van der Waals surface area (Å²) in [6.45, 7) is 12.1. The van der Waals surface area contributed by atoms with Gasteiger partial charge in [-0.05, 0) is 31.4 Å². The second-order valence-corrected chi connectivity index (χ2v) is 8.86. The summed E-state index contributed by atoms with van der Waals surface area (Å²) in [5.74, 6) is 1.84. The molecular weight excluding hydrogens is 390 g/mol. The molecule has 0 saturated carbocycles. The molecule has 1 aliphatic heterocycles. The number of benzene rings is 1. The zero-order chi connectivity index (χ0) is 22.0. The molecule has 0 unspecified atom stereocenters. The Morgan fingerprint density at radius 3 is 2.58 bits per heavy atom. The van der Waals surface area contributed by atoms with Crippen LogP contribution in [-0.2, 0) is 19.5 Å². The maximum Gasteiger partial charge on any atom is 0.255 e. The van der Waals surface area contributed by atoms with E-state index in [1.165, 1.54) is 29.2 Å². The highest BCUT2D eigenvalue weighted by Crippen LogP contribution is 2.23. The van der Waals surface area contributed by atoms with Crippen molar-refractivity contribution in [3.63, 3.8) is 0 Å². The standard InChI is InChI=1S/C24H31N5O2/c1-16(2)22(25-24(30)20-6-10-31-15-20)23-27-26-21-5-7-28(8-9-29(21)23)14-19-12-17(3)11-18(4)13-19/h6,10-13,15-16,22H,5,7-9,14H2,1-4H3,(H,25,30)/t22-/m1/s1. The van der Waals surface area contributed by atoms with E-state index in [-0.39, 0.29) is 17.9 Å². The lowest BCUT2D eigenvalue weighted by Crippen LogP contribution is -2.34. The molecule has 4 rings (SSSR count). The van der Waals surface area contributed by atoms with Crippen molar-refractivity contribution in [1.82, 2.24) is 25.0 Å². The van der Waals surface area contributed by atoms with Gasteiger partial charge in [0, 0.05) is 32.6 Å². The highest BCUT2D eigenvalue weighted by Gasteiger charge is 2.28. The lowest BCUT2D eigenvalue weighted by molar-refractivity contribution is 0.0921. The van der Waals surface area contributed by atoms with Gasteiger partial charge in [0.15, 0.2) is 5.82 Å². The molecular formula is C24H31N5O2. The minimum absolute atomic E-state index is 0.158. The molecule has 1 aromatic carbocycles. The van der Waals surface area contributed by atoms with Crippen molar-refractivity contribution in [1.29, 1.82) is 0 Å². The van der Waals surface area contributed by atoms with E-state index in [4.69, 9.17) is 4.42 Å². The summed E-state index contributed by atoms with van der Waals surface area (Å²) in [5, 5.41) is 12.1. The molecule has 0 aliphatic carbocycles. The third kappa shape index (κ3) is 4.88. The summed E-state index contributed by atoms with van der Waals surface area (Å²) >= 11 is 0. The number of hydrogen-bond acceptors (Lipinski definition) is 5. The molecule has 2 aromatic heterocycles. The maximum atomic E-state index is 12.6. The van der Waals surface area contributed by atoms with Gasteiger partial charge in [-0.25, -0.2) is 0 Å². The van der Waals surface area contributed by atoms with Crippen LogP contribution < -0.4 is 5.32 Å². The van der Waals surface area contributed by atoms with Crippen molar-refractivity contribution in [2.24, 2.45) is 5.92 Å². The van der Waals surface area contributed by atoms with Crippen molar-refractivity contribution >= 4 is 5.91 Å². The molecule has 7 nitrogen and oxygen atoms in total. The third-order valence-corrected chi connectivity index (χ3v) is 5.85. The van der Waals surface area contributed by atoms with Gasteiger partial charge in [-0.15, -0.1) is 10.2 Å². The number of carbonyl (C=O) groups is 1. The second kappa shape index (κ2) is 9.06. The Hall–Kier alpha value is -2.93. The molecule has 31 heavy (non-hydrogen) atoms. The first-order chi connectivity index (χ1) is 14.9. The first-order valence-corrected chi connectivity index (χ1v) is 11.0. The average molecular weight is 422 g/mol. The third-order valence-electron chi connectivity index (χ3n) is 5.85. The van der Waals surface area contributed by atoms with Gasteiger partial charge in [0.1, 0.15) is 12.1 Å². The zero-order valence-corrected chi connectivity index (χ0v) is 18.8. The van der Waals surface area contributed by atoms with E-state index in [0.29, 0.717) is 5.56 Å². The van der Waals surface area contributed by atoms with E-state index >= 15 is 0 Å². The van der Waals surface area contributed by atoms with E-state index in [0.717, 1.165) is 44.2 Å². The van der Waals surface area contributed by atoms with Gasteiger partial charge in [0.25, 0.3) is 5.91 Å². The van der Waals surface area contributed by atoms with Crippen LogP contribution in [0, 0.1) is 19.8 Å². The summed E-state index contributed by atoms with van der Waals surface area (Å²) in [5.41, 5.74) is 4.47. The topological polar surface area (TPSA) is 76.2 Å². The highest BCUT2D eigenvalue weighted by molar-refractivity contribution is 5.94. The van der Waals surface area contributed by atoms with Crippen LogP contribution in [0.3, 0.4) is 0 Å². The van der Waals surface area contributed by atoms with Crippen molar-refractivity contribution < 1.29 is 9.21 Å². The number of amides is 1. The quantitative estimate of drug-likeness (QED) is 0.657. The Balaban J connectivity index is 1.49. The maximum absolute atomic E-state index is 12.6. The monoisotopic (exact) mass is 421 g/mol. The van der Waals surface area contributed by atoms with Crippen LogP contribution in [0.2, 0.25) is 0 Å².